The maximum Gasteiger partial charge on any atom is 0.251 e. The van der Waals surface area contributed by atoms with Gasteiger partial charge >= 0.3 is 0 Å². The molecule has 0 aliphatic rings. The molecule has 0 radical (unpaired) electrons. The molecule has 21 heavy (non-hydrogen) atoms. The second kappa shape index (κ2) is 5.35. The van der Waals surface area contributed by atoms with Crippen LogP contribution >= 0.6 is 0 Å². The predicted octanol–water partition coefficient (Wildman–Crippen LogP) is 1.11. The summed E-state index contributed by atoms with van der Waals surface area (Å²) in [5, 5.41) is 15.0. The molecule has 2 aromatic heterocycles. The molecule has 1 aromatic carbocycles. The van der Waals surface area contributed by atoms with E-state index in [4.69, 9.17) is 0 Å². The van der Waals surface area contributed by atoms with Crippen LogP contribution in [-0.2, 0) is 20.1 Å². The molecule has 1 N–H and O–H groups in total. The molecule has 0 saturated carbocycles. The zero-order valence-corrected chi connectivity index (χ0v) is 11.9. The summed E-state index contributed by atoms with van der Waals surface area (Å²) in [5.74, 6) is -0.135. The van der Waals surface area contributed by atoms with Gasteiger partial charge in [0.1, 0.15) is 5.52 Å². The highest BCUT2D eigenvalue weighted by Crippen LogP contribution is 2.13. The van der Waals surface area contributed by atoms with Crippen molar-refractivity contribution >= 4 is 16.9 Å². The van der Waals surface area contributed by atoms with Gasteiger partial charge in [0, 0.05) is 25.4 Å². The first kappa shape index (κ1) is 13.3. The lowest BCUT2D eigenvalue weighted by molar-refractivity contribution is 0.0950. The number of aryl methyl sites for hydroxylation is 2. The normalized spacial score (nSPS) is 11.0. The van der Waals surface area contributed by atoms with E-state index in [2.05, 4.69) is 20.7 Å². The van der Waals surface area contributed by atoms with Crippen LogP contribution in [0.25, 0.3) is 11.0 Å². The Morgan fingerprint density at radius 3 is 2.90 bits per heavy atom. The summed E-state index contributed by atoms with van der Waals surface area (Å²) in [7, 11) is 1.84. The van der Waals surface area contributed by atoms with E-state index in [1.807, 2.05) is 26.1 Å². The summed E-state index contributed by atoms with van der Waals surface area (Å²) < 4.78 is 3.53. The lowest BCUT2D eigenvalue weighted by atomic mass is 10.2. The molecule has 2 heterocycles. The summed E-state index contributed by atoms with van der Waals surface area (Å²) in [6.45, 7) is 3.19. The van der Waals surface area contributed by atoms with Crippen LogP contribution in [0, 0.1) is 0 Å². The number of carbonyl (C=O) groups excluding carboxylic acids is 1. The second-order valence-electron chi connectivity index (χ2n) is 4.74. The number of nitrogens with zero attached hydrogens (tertiary/aromatic N) is 5. The van der Waals surface area contributed by atoms with Gasteiger partial charge in [0.15, 0.2) is 0 Å². The molecule has 108 valence electrons. The summed E-state index contributed by atoms with van der Waals surface area (Å²) in [6.07, 6.45) is 1.70. The highest BCUT2D eigenvalue weighted by atomic mass is 16.1. The highest BCUT2D eigenvalue weighted by Gasteiger charge is 2.10. The molecule has 0 bridgehead atoms. The Morgan fingerprint density at radius 2 is 2.19 bits per heavy atom. The maximum absolute atomic E-state index is 12.2. The first-order valence-electron chi connectivity index (χ1n) is 6.77. The fraction of sp³-hybridized carbons (Fsp3) is 0.286. The molecule has 1 amide bonds. The van der Waals surface area contributed by atoms with Gasteiger partial charge in [0.25, 0.3) is 5.91 Å². The monoisotopic (exact) mass is 284 g/mol. The van der Waals surface area contributed by atoms with Crippen molar-refractivity contribution in [2.45, 2.75) is 20.0 Å². The number of benzene rings is 1. The van der Waals surface area contributed by atoms with Crippen molar-refractivity contribution in [3.63, 3.8) is 0 Å². The van der Waals surface area contributed by atoms with Gasteiger partial charge in [0.2, 0.25) is 0 Å². The van der Waals surface area contributed by atoms with Crippen LogP contribution < -0.4 is 5.32 Å². The Morgan fingerprint density at radius 1 is 1.33 bits per heavy atom. The lowest BCUT2D eigenvalue weighted by Gasteiger charge is -2.05. The molecule has 7 heteroatoms. The van der Waals surface area contributed by atoms with E-state index >= 15 is 0 Å². The van der Waals surface area contributed by atoms with Gasteiger partial charge in [-0.05, 0) is 31.2 Å². The molecule has 0 unspecified atom stereocenters. The molecule has 7 nitrogen and oxygen atoms in total. The minimum atomic E-state index is -0.135. The van der Waals surface area contributed by atoms with Crippen molar-refractivity contribution in [1.82, 2.24) is 30.1 Å². The van der Waals surface area contributed by atoms with E-state index in [9.17, 15) is 4.79 Å². The van der Waals surface area contributed by atoms with E-state index in [0.717, 1.165) is 23.3 Å². The second-order valence-corrected chi connectivity index (χ2v) is 4.74. The Labute approximate surface area is 121 Å². The number of hydrogen-bond donors (Lipinski definition) is 1. The summed E-state index contributed by atoms with van der Waals surface area (Å²) in [5.41, 5.74) is 3.18. The number of amides is 1. The Bertz CT molecular complexity index is 788. The Balaban J connectivity index is 1.77. The average molecular weight is 284 g/mol. The van der Waals surface area contributed by atoms with Gasteiger partial charge in [0.05, 0.1) is 17.8 Å². The Hall–Kier alpha value is -2.70. The summed E-state index contributed by atoms with van der Waals surface area (Å²) in [4.78, 5) is 12.2. The fourth-order valence-corrected chi connectivity index (χ4v) is 2.19. The number of nitrogens with one attached hydrogen (secondary N) is 1. The topological polar surface area (TPSA) is 77.6 Å². The minimum Gasteiger partial charge on any atom is -0.346 e. The summed E-state index contributed by atoms with van der Waals surface area (Å²) >= 11 is 0. The van der Waals surface area contributed by atoms with Crippen LogP contribution in [-0.4, -0.2) is 30.7 Å². The molecule has 0 aliphatic heterocycles. The summed E-state index contributed by atoms with van der Waals surface area (Å²) in [6, 6.07) is 7.29. The van der Waals surface area contributed by atoms with Gasteiger partial charge < -0.3 is 5.32 Å². The number of aromatic nitrogens is 5. The molecule has 0 atom stereocenters. The van der Waals surface area contributed by atoms with Crippen LogP contribution in [0.3, 0.4) is 0 Å². The maximum atomic E-state index is 12.2. The zero-order chi connectivity index (χ0) is 14.8. The quantitative estimate of drug-likeness (QED) is 0.778. The van der Waals surface area contributed by atoms with Crippen molar-refractivity contribution in [3.8, 4) is 0 Å². The van der Waals surface area contributed by atoms with E-state index in [1.54, 1.807) is 27.7 Å². The molecule has 0 saturated heterocycles. The third-order valence-electron chi connectivity index (χ3n) is 3.43. The van der Waals surface area contributed by atoms with Gasteiger partial charge in [-0.2, -0.15) is 5.10 Å². The van der Waals surface area contributed by atoms with Gasteiger partial charge in [-0.3, -0.25) is 9.48 Å². The molecule has 3 aromatic rings. The first-order chi connectivity index (χ1) is 10.2. The van der Waals surface area contributed by atoms with Gasteiger partial charge in [-0.25, -0.2) is 4.68 Å². The first-order valence-corrected chi connectivity index (χ1v) is 6.77. The van der Waals surface area contributed by atoms with Crippen LogP contribution in [0.15, 0.2) is 30.5 Å². The van der Waals surface area contributed by atoms with Crippen molar-refractivity contribution < 1.29 is 4.79 Å². The molecule has 0 spiro atoms. The van der Waals surface area contributed by atoms with Gasteiger partial charge in [-0.15, -0.1) is 5.10 Å². The lowest BCUT2D eigenvalue weighted by Crippen LogP contribution is -2.24. The number of hydrogen-bond acceptors (Lipinski definition) is 4. The highest BCUT2D eigenvalue weighted by molar-refractivity contribution is 5.97. The number of rotatable bonds is 4. The van der Waals surface area contributed by atoms with Crippen molar-refractivity contribution in [3.05, 3.63) is 41.7 Å². The molecule has 3 rings (SSSR count). The third kappa shape index (κ3) is 2.49. The average Bonchev–Trinajstić information content (AvgIpc) is 3.09. The molecule has 0 fully saturated rings. The van der Waals surface area contributed by atoms with Crippen LogP contribution in [0.5, 0.6) is 0 Å². The largest absolute Gasteiger partial charge is 0.346 e. The SMILES string of the molecule is CCn1nnc2cc(C(=O)NCc3ccnn3C)ccc21. The predicted molar refractivity (Wildman–Crippen MR) is 77.6 cm³/mol. The van der Waals surface area contributed by atoms with E-state index in [-0.39, 0.29) is 5.91 Å². The van der Waals surface area contributed by atoms with Gasteiger partial charge in [-0.1, -0.05) is 5.21 Å². The number of fused-ring (bicyclic) bond motifs is 1. The molecule has 0 aliphatic carbocycles. The standard InChI is InChI=1S/C14H16N6O/c1-3-20-13-5-4-10(8-12(13)17-18-20)14(21)15-9-11-6-7-16-19(11)2/h4-8H,3,9H2,1-2H3,(H,15,21). The fourth-order valence-electron chi connectivity index (χ4n) is 2.19. The Kier molecular flexibility index (Phi) is 3.39. The smallest absolute Gasteiger partial charge is 0.251 e. The minimum absolute atomic E-state index is 0.135. The molecular weight excluding hydrogens is 268 g/mol. The third-order valence-corrected chi connectivity index (χ3v) is 3.43. The van der Waals surface area contributed by atoms with Crippen LogP contribution in [0.1, 0.15) is 23.0 Å². The molecular formula is C14H16N6O. The van der Waals surface area contributed by atoms with E-state index in [0.29, 0.717) is 12.1 Å². The zero-order valence-electron chi connectivity index (χ0n) is 11.9. The van der Waals surface area contributed by atoms with E-state index in [1.165, 1.54) is 0 Å². The van der Waals surface area contributed by atoms with Crippen molar-refractivity contribution in [2.75, 3.05) is 0 Å². The van der Waals surface area contributed by atoms with Crippen molar-refractivity contribution in [2.24, 2.45) is 7.05 Å². The number of carbonyl (C=O) groups is 1. The van der Waals surface area contributed by atoms with E-state index < -0.39 is 0 Å². The van der Waals surface area contributed by atoms with Crippen molar-refractivity contribution in [1.29, 1.82) is 0 Å². The van der Waals surface area contributed by atoms with Crippen LogP contribution in [0.4, 0.5) is 0 Å². The van der Waals surface area contributed by atoms with Crippen LogP contribution in [0.2, 0.25) is 0 Å².